The van der Waals surface area contributed by atoms with Gasteiger partial charge in [-0.25, -0.2) is 0 Å². The molecule has 1 fully saturated rings. The van der Waals surface area contributed by atoms with Gasteiger partial charge in [0, 0.05) is 31.9 Å². The van der Waals surface area contributed by atoms with Gasteiger partial charge in [0.05, 0.1) is 0 Å². The zero-order valence-corrected chi connectivity index (χ0v) is 12.2. The largest absolute Gasteiger partial charge is 0.384 e. The van der Waals surface area contributed by atoms with E-state index in [1.807, 2.05) is 0 Å². The molecule has 1 aromatic rings. The lowest BCUT2D eigenvalue weighted by Crippen LogP contribution is -2.27. The third-order valence-electron chi connectivity index (χ3n) is 4.40. The summed E-state index contributed by atoms with van der Waals surface area (Å²) in [7, 11) is 4.48. The Kier molecular flexibility index (Phi) is 3.76. The number of likely N-dealkylation sites (tertiary alicyclic amines) is 1. The molecule has 0 saturated carbocycles. The highest BCUT2D eigenvalue weighted by atomic mass is 15.1. The number of nitrogens with zero attached hydrogens (tertiary/aromatic N) is 2. The monoisotopic (exact) mass is 259 g/mol. The lowest BCUT2D eigenvalue weighted by Gasteiger charge is -2.21. The minimum Gasteiger partial charge on any atom is -0.384 e. The molecule has 2 aliphatic heterocycles. The van der Waals surface area contributed by atoms with Gasteiger partial charge in [0.25, 0.3) is 0 Å². The van der Waals surface area contributed by atoms with Crippen LogP contribution in [0.4, 0.5) is 5.69 Å². The van der Waals surface area contributed by atoms with E-state index in [1.54, 1.807) is 0 Å². The van der Waals surface area contributed by atoms with Crippen LogP contribution in [0.3, 0.4) is 0 Å². The molecule has 0 bridgehead atoms. The molecule has 1 saturated heterocycles. The minimum atomic E-state index is 0.850. The first-order valence-corrected chi connectivity index (χ1v) is 7.43. The molecule has 0 amide bonds. The quantitative estimate of drug-likeness (QED) is 0.892. The van der Waals surface area contributed by atoms with Gasteiger partial charge in [-0.05, 0) is 56.6 Å². The molecule has 1 N–H and O–H groups in total. The van der Waals surface area contributed by atoms with Crippen LogP contribution in [0.1, 0.15) is 17.5 Å². The Hall–Kier alpha value is -1.06. The first-order chi connectivity index (χ1) is 9.20. The molecule has 1 atom stereocenters. The number of fused-ring (bicyclic) bond motifs is 1. The van der Waals surface area contributed by atoms with Crippen LogP contribution >= 0.6 is 0 Å². The average molecular weight is 259 g/mol. The molecule has 104 valence electrons. The highest BCUT2D eigenvalue weighted by molar-refractivity contribution is 5.56. The summed E-state index contributed by atoms with van der Waals surface area (Å²) in [6.07, 6.45) is 2.53. The van der Waals surface area contributed by atoms with Gasteiger partial charge in [-0.3, -0.25) is 0 Å². The fraction of sp³-hybridized carbons (Fsp3) is 0.625. The summed E-state index contributed by atoms with van der Waals surface area (Å²) in [5, 5.41) is 3.47. The topological polar surface area (TPSA) is 18.5 Å². The number of hydrogen-bond donors (Lipinski definition) is 1. The molecule has 0 aromatic heterocycles. The van der Waals surface area contributed by atoms with Crippen molar-refractivity contribution in [2.75, 3.05) is 45.6 Å². The zero-order chi connectivity index (χ0) is 13.2. The van der Waals surface area contributed by atoms with Crippen molar-refractivity contribution >= 4 is 5.69 Å². The maximum absolute atomic E-state index is 3.47. The standard InChI is InChI=1S/C16H25N3/c1-18-8-6-14(11-18)12-19(2)10-13-3-4-15-5-7-17-16(15)9-13/h3-4,9,14,17H,5-8,10-12H2,1-2H3. The molecule has 2 heterocycles. The van der Waals surface area contributed by atoms with Crippen LogP contribution in [-0.4, -0.2) is 50.1 Å². The van der Waals surface area contributed by atoms with Crippen molar-refractivity contribution in [1.82, 2.24) is 9.80 Å². The SMILES string of the molecule is CN1CCC(CN(C)Cc2ccc3c(c2)NCC3)C1. The first kappa shape index (κ1) is 12.9. The Morgan fingerprint density at radius 2 is 2.32 bits per heavy atom. The lowest BCUT2D eigenvalue weighted by molar-refractivity contribution is 0.267. The van der Waals surface area contributed by atoms with Crippen LogP contribution in [0.5, 0.6) is 0 Å². The molecular formula is C16H25N3. The fourth-order valence-electron chi connectivity index (χ4n) is 3.43. The van der Waals surface area contributed by atoms with Crippen LogP contribution in [-0.2, 0) is 13.0 Å². The Bertz CT molecular complexity index is 444. The number of rotatable bonds is 4. The van der Waals surface area contributed by atoms with Crippen molar-refractivity contribution in [3.63, 3.8) is 0 Å². The van der Waals surface area contributed by atoms with E-state index in [0.29, 0.717) is 0 Å². The first-order valence-electron chi connectivity index (χ1n) is 7.43. The van der Waals surface area contributed by atoms with Gasteiger partial charge in [0.2, 0.25) is 0 Å². The van der Waals surface area contributed by atoms with E-state index in [2.05, 4.69) is 47.4 Å². The summed E-state index contributed by atoms with van der Waals surface area (Å²) < 4.78 is 0. The predicted octanol–water partition coefficient (Wildman–Crippen LogP) is 2.04. The second kappa shape index (κ2) is 5.51. The van der Waals surface area contributed by atoms with Gasteiger partial charge in [-0.1, -0.05) is 12.1 Å². The van der Waals surface area contributed by atoms with Gasteiger partial charge >= 0.3 is 0 Å². The smallest absolute Gasteiger partial charge is 0.0376 e. The van der Waals surface area contributed by atoms with Crippen molar-refractivity contribution in [3.8, 4) is 0 Å². The van der Waals surface area contributed by atoms with E-state index in [-0.39, 0.29) is 0 Å². The summed E-state index contributed by atoms with van der Waals surface area (Å²) in [6.45, 7) is 5.91. The molecule has 0 spiro atoms. The molecule has 3 rings (SSSR count). The second-order valence-electron chi connectivity index (χ2n) is 6.28. The molecular weight excluding hydrogens is 234 g/mol. The molecule has 1 aromatic carbocycles. The number of benzene rings is 1. The third-order valence-corrected chi connectivity index (χ3v) is 4.40. The number of anilines is 1. The van der Waals surface area contributed by atoms with Crippen LogP contribution in [0.15, 0.2) is 18.2 Å². The van der Waals surface area contributed by atoms with E-state index >= 15 is 0 Å². The van der Waals surface area contributed by atoms with Gasteiger partial charge in [0.15, 0.2) is 0 Å². The molecule has 3 nitrogen and oxygen atoms in total. The maximum Gasteiger partial charge on any atom is 0.0376 e. The van der Waals surface area contributed by atoms with Gasteiger partial charge in [-0.15, -0.1) is 0 Å². The van der Waals surface area contributed by atoms with Crippen LogP contribution in [0.2, 0.25) is 0 Å². The van der Waals surface area contributed by atoms with Crippen molar-refractivity contribution in [2.24, 2.45) is 5.92 Å². The molecule has 1 unspecified atom stereocenters. The Morgan fingerprint density at radius 3 is 3.11 bits per heavy atom. The third kappa shape index (κ3) is 3.10. The van der Waals surface area contributed by atoms with Crippen molar-refractivity contribution in [2.45, 2.75) is 19.4 Å². The number of hydrogen-bond acceptors (Lipinski definition) is 3. The summed E-state index contributed by atoms with van der Waals surface area (Å²) >= 11 is 0. The van der Waals surface area contributed by atoms with E-state index in [1.165, 1.54) is 49.3 Å². The predicted molar refractivity (Wildman–Crippen MR) is 80.6 cm³/mol. The molecule has 2 aliphatic rings. The van der Waals surface area contributed by atoms with Gasteiger partial charge < -0.3 is 15.1 Å². The van der Waals surface area contributed by atoms with Crippen molar-refractivity contribution in [3.05, 3.63) is 29.3 Å². The van der Waals surface area contributed by atoms with E-state index in [0.717, 1.165) is 19.0 Å². The Morgan fingerprint density at radius 1 is 1.42 bits per heavy atom. The Balaban J connectivity index is 1.55. The van der Waals surface area contributed by atoms with Crippen molar-refractivity contribution < 1.29 is 0 Å². The Labute approximate surface area is 116 Å². The van der Waals surface area contributed by atoms with E-state index in [4.69, 9.17) is 0 Å². The van der Waals surface area contributed by atoms with Crippen LogP contribution in [0.25, 0.3) is 0 Å². The fourth-order valence-corrected chi connectivity index (χ4v) is 3.43. The van der Waals surface area contributed by atoms with E-state index < -0.39 is 0 Å². The highest BCUT2D eigenvalue weighted by Crippen LogP contribution is 2.24. The highest BCUT2D eigenvalue weighted by Gasteiger charge is 2.20. The van der Waals surface area contributed by atoms with Crippen LogP contribution < -0.4 is 5.32 Å². The maximum atomic E-state index is 3.47. The summed E-state index contributed by atoms with van der Waals surface area (Å²) in [4.78, 5) is 4.92. The van der Waals surface area contributed by atoms with E-state index in [9.17, 15) is 0 Å². The summed E-state index contributed by atoms with van der Waals surface area (Å²) in [5.41, 5.74) is 4.26. The number of nitrogens with one attached hydrogen (secondary N) is 1. The zero-order valence-electron chi connectivity index (χ0n) is 12.2. The van der Waals surface area contributed by atoms with Gasteiger partial charge in [0.1, 0.15) is 0 Å². The van der Waals surface area contributed by atoms with Crippen LogP contribution in [0, 0.1) is 5.92 Å². The van der Waals surface area contributed by atoms with Crippen molar-refractivity contribution in [1.29, 1.82) is 0 Å². The molecule has 0 radical (unpaired) electrons. The molecule has 19 heavy (non-hydrogen) atoms. The second-order valence-corrected chi connectivity index (χ2v) is 6.28. The summed E-state index contributed by atoms with van der Waals surface area (Å²) in [6, 6.07) is 6.92. The average Bonchev–Trinajstić information content (AvgIpc) is 2.97. The normalized spacial score (nSPS) is 22.8. The summed E-state index contributed by atoms with van der Waals surface area (Å²) in [5.74, 6) is 0.850. The molecule has 3 heteroatoms. The minimum absolute atomic E-state index is 0.850. The van der Waals surface area contributed by atoms with Gasteiger partial charge in [-0.2, -0.15) is 0 Å². The lowest BCUT2D eigenvalue weighted by atomic mass is 10.1. The molecule has 0 aliphatic carbocycles.